The second kappa shape index (κ2) is 6.51. The van der Waals surface area contributed by atoms with E-state index < -0.39 is 0 Å². The number of aromatic nitrogens is 4. The number of unbranched alkanes of at least 4 members (excludes halogenated alkanes) is 1. The van der Waals surface area contributed by atoms with Crippen LogP contribution in [0, 0.1) is 0 Å². The molecule has 8 heteroatoms. The SMILES string of the molecule is COC(=O)CCCCn1ncc2nc(Cl)nc(OC)c21. The summed E-state index contributed by atoms with van der Waals surface area (Å²) in [6.07, 6.45) is 3.53. The molecule has 0 radical (unpaired) electrons. The number of methoxy groups -OCH3 is 2. The first kappa shape index (κ1) is 14.5. The zero-order valence-corrected chi connectivity index (χ0v) is 12.1. The molecule has 2 aromatic rings. The molecule has 0 fully saturated rings. The predicted molar refractivity (Wildman–Crippen MR) is 72.8 cm³/mol. The van der Waals surface area contributed by atoms with E-state index in [0.717, 1.165) is 12.8 Å². The molecule has 0 saturated heterocycles. The Balaban J connectivity index is 2.09. The van der Waals surface area contributed by atoms with Gasteiger partial charge < -0.3 is 9.47 Å². The highest BCUT2D eigenvalue weighted by Gasteiger charge is 2.13. The molecule has 0 atom stereocenters. The Hall–Kier alpha value is -1.89. The number of halogens is 1. The van der Waals surface area contributed by atoms with Crippen molar-refractivity contribution in [3.05, 3.63) is 11.5 Å². The Morgan fingerprint density at radius 3 is 2.85 bits per heavy atom. The molecule has 0 bridgehead atoms. The van der Waals surface area contributed by atoms with E-state index in [9.17, 15) is 4.79 Å². The van der Waals surface area contributed by atoms with E-state index in [2.05, 4.69) is 19.8 Å². The monoisotopic (exact) mass is 298 g/mol. The van der Waals surface area contributed by atoms with Gasteiger partial charge in [0.05, 0.1) is 20.4 Å². The molecule has 0 aromatic carbocycles. The van der Waals surface area contributed by atoms with Gasteiger partial charge in [-0.2, -0.15) is 10.1 Å². The second-order valence-corrected chi connectivity index (χ2v) is 4.47. The van der Waals surface area contributed by atoms with Crippen LogP contribution in [0.4, 0.5) is 0 Å². The minimum Gasteiger partial charge on any atom is -0.479 e. The zero-order valence-electron chi connectivity index (χ0n) is 11.3. The van der Waals surface area contributed by atoms with Gasteiger partial charge in [-0.05, 0) is 24.4 Å². The smallest absolute Gasteiger partial charge is 0.305 e. The number of fused-ring (bicyclic) bond motifs is 1. The number of rotatable bonds is 6. The molecular formula is C12H15ClN4O3. The van der Waals surface area contributed by atoms with Crippen molar-refractivity contribution >= 4 is 28.6 Å². The predicted octanol–water partition coefficient (Wildman–Crippen LogP) is 1.83. The van der Waals surface area contributed by atoms with Gasteiger partial charge in [0.1, 0.15) is 11.0 Å². The molecule has 2 rings (SSSR count). The van der Waals surface area contributed by atoms with Crippen LogP contribution in [0.15, 0.2) is 6.20 Å². The number of aryl methyl sites for hydroxylation is 1. The van der Waals surface area contributed by atoms with Gasteiger partial charge in [-0.1, -0.05) is 0 Å². The summed E-state index contributed by atoms with van der Waals surface area (Å²) in [5, 5.41) is 4.37. The average Bonchev–Trinajstić information content (AvgIpc) is 2.85. The average molecular weight is 299 g/mol. The van der Waals surface area contributed by atoms with Gasteiger partial charge in [-0.3, -0.25) is 9.48 Å². The van der Waals surface area contributed by atoms with Crippen molar-refractivity contribution in [3.8, 4) is 5.88 Å². The fourth-order valence-corrected chi connectivity index (χ4v) is 2.05. The maximum atomic E-state index is 11.0. The Morgan fingerprint density at radius 1 is 1.35 bits per heavy atom. The van der Waals surface area contributed by atoms with Gasteiger partial charge in [0, 0.05) is 13.0 Å². The first-order valence-electron chi connectivity index (χ1n) is 6.15. The number of ether oxygens (including phenoxy) is 2. The van der Waals surface area contributed by atoms with E-state index >= 15 is 0 Å². The molecule has 2 aromatic heterocycles. The minimum atomic E-state index is -0.206. The van der Waals surface area contributed by atoms with Crippen LogP contribution < -0.4 is 4.74 Å². The number of carbonyl (C=O) groups is 1. The molecule has 0 spiro atoms. The van der Waals surface area contributed by atoms with E-state index in [-0.39, 0.29) is 11.3 Å². The highest BCUT2D eigenvalue weighted by molar-refractivity contribution is 6.28. The molecule has 0 amide bonds. The Kier molecular flexibility index (Phi) is 4.73. The topological polar surface area (TPSA) is 79.1 Å². The summed E-state index contributed by atoms with van der Waals surface area (Å²) in [6.45, 7) is 0.641. The van der Waals surface area contributed by atoms with Crippen LogP contribution in [0.3, 0.4) is 0 Å². The van der Waals surface area contributed by atoms with Crippen LogP contribution in [0.2, 0.25) is 5.28 Å². The summed E-state index contributed by atoms with van der Waals surface area (Å²) >= 11 is 5.80. The molecular weight excluding hydrogens is 284 g/mol. The number of esters is 1. The van der Waals surface area contributed by atoms with E-state index in [0.29, 0.717) is 29.9 Å². The summed E-state index contributed by atoms with van der Waals surface area (Å²) in [7, 11) is 2.90. The number of carbonyl (C=O) groups excluding carboxylic acids is 1. The van der Waals surface area contributed by atoms with Crippen molar-refractivity contribution in [2.45, 2.75) is 25.8 Å². The van der Waals surface area contributed by atoms with Gasteiger partial charge in [0.2, 0.25) is 11.2 Å². The van der Waals surface area contributed by atoms with Gasteiger partial charge >= 0.3 is 5.97 Å². The highest BCUT2D eigenvalue weighted by atomic mass is 35.5. The minimum absolute atomic E-state index is 0.125. The van der Waals surface area contributed by atoms with Crippen LogP contribution in [0.1, 0.15) is 19.3 Å². The number of nitrogens with zero attached hydrogens (tertiary/aromatic N) is 4. The van der Waals surface area contributed by atoms with Crippen LogP contribution in [-0.4, -0.2) is 39.9 Å². The molecule has 0 unspecified atom stereocenters. The van der Waals surface area contributed by atoms with E-state index in [1.165, 1.54) is 14.2 Å². The van der Waals surface area contributed by atoms with Crippen molar-refractivity contribution in [3.63, 3.8) is 0 Å². The molecule has 7 nitrogen and oxygen atoms in total. The van der Waals surface area contributed by atoms with Crippen molar-refractivity contribution in [1.82, 2.24) is 19.7 Å². The normalized spacial score (nSPS) is 10.8. The summed E-state index contributed by atoms with van der Waals surface area (Å²) in [5.41, 5.74) is 1.34. The van der Waals surface area contributed by atoms with E-state index in [1.807, 2.05) is 0 Å². The van der Waals surface area contributed by atoms with Crippen LogP contribution in [0.25, 0.3) is 11.0 Å². The Labute approximate surface area is 120 Å². The van der Waals surface area contributed by atoms with Gasteiger partial charge in [0.15, 0.2) is 0 Å². The van der Waals surface area contributed by atoms with Gasteiger partial charge in [0.25, 0.3) is 0 Å². The fourth-order valence-electron chi connectivity index (χ4n) is 1.88. The number of hydrogen-bond acceptors (Lipinski definition) is 6. The second-order valence-electron chi connectivity index (χ2n) is 4.14. The van der Waals surface area contributed by atoms with Crippen molar-refractivity contribution in [2.75, 3.05) is 14.2 Å². The van der Waals surface area contributed by atoms with Gasteiger partial charge in [-0.25, -0.2) is 4.98 Å². The maximum absolute atomic E-state index is 11.0. The molecule has 0 N–H and O–H groups in total. The maximum Gasteiger partial charge on any atom is 0.305 e. The zero-order chi connectivity index (χ0) is 14.5. The van der Waals surface area contributed by atoms with E-state index in [1.54, 1.807) is 10.9 Å². The van der Waals surface area contributed by atoms with E-state index in [4.69, 9.17) is 16.3 Å². The highest BCUT2D eigenvalue weighted by Crippen LogP contribution is 2.23. The third kappa shape index (κ3) is 3.16. The standard InChI is InChI=1S/C12H15ClN4O3/c1-19-9(18)5-3-4-6-17-10-8(7-14-17)15-12(13)16-11(10)20-2/h7H,3-6H2,1-2H3. The Bertz CT molecular complexity index is 614. The van der Waals surface area contributed by atoms with Crippen LogP contribution in [-0.2, 0) is 16.1 Å². The lowest BCUT2D eigenvalue weighted by Gasteiger charge is -2.06. The summed E-state index contributed by atoms with van der Waals surface area (Å²) in [6, 6.07) is 0. The van der Waals surface area contributed by atoms with Gasteiger partial charge in [-0.15, -0.1) is 0 Å². The summed E-state index contributed by atoms with van der Waals surface area (Å²) in [4.78, 5) is 19.1. The number of hydrogen-bond donors (Lipinski definition) is 0. The summed E-state index contributed by atoms with van der Waals surface area (Å²) in [5.74, 6) is 0.188. The molecule has 20 heavy (non-hydrogen) atoms. The first-order chi connectivity index (χ1) is 9.65. The lowest BCUT2D eigenvalue weighted by Crippen LogP contribution is -2.04. The van der Waals surface area contributed by atoms with Crippen LogP contribution >= 0.6 is 11.6 Å². The summed E-state index contributed by atoms with van der Waals surface area (Å²) < 4.78 is 11.5. The van der Waals surface area contributed by atoms with Crippen molar-refractivity contribution in [1.29, 1.82) is 0 Å². The first-order valence-corrected chi connectivity index (χ1v) is 6.53. The Morgan fingerprint density at radius 2 is 2.15 bits per heavy atom. The van der Waals surface area contributed by atoms with Crippen molar-refractivity contribution in [2.24, 2.45) is 0 Å². The quantitative estimate of drug-likeness (QED) is 0.460. The molecule has 0 aliphatic heterocycles. The van der Waals surface area contributed by atoms with Crippen molar-refractivity contribution < 1.29 is 14.3 Å². The molecule has 0 aliphatic carbocycles. The lowest BCUT2D eigenvalue weighted by atomic mass is 10.2. The molecule has 0 aliphatic rings. The third-order valence-corrected chi connectivity index (χ3v) is 3.02. The van der Waals surface area contributed by atoms with Crippen LogP contribution in [0.5, 0.6) is 5.88 Å². The largest absolute Gasteiger partial charge is 0.479 e. The molecule has 0 saturated carbocycles. The molecule has 108 valence electrons. The lowest BCUT2D eigenvalue weighted by molar-refractivity contribution is -0.140. The third-order valence-electron chi connectivity index (χ3n) is 2.85. The fraction of sp³-hybridized carbons (Fsp3) is 0.500. The molecule has 2 heterocycles.